The van der Waals surface area contributed by atoms with E-state index in [9.17, 15) is 0 Å². The highest BCUT2D eigenvalue weighted by molar-refractivity contribution is 6.63. The lowest BCUT2D eigenvalue weighted by Crippen LogP contribution is -2.41. The second kappa shape index (κ2) is 5.55. The molecule has 0 amide bonds. The Morgan fingerprint density at radius 3 is 2.41 bits per heavy atom. The van der Waals surface area contributed by atoms with Gasteiger partial charge in [-0.25, -0.2) is 0 Å². The molecule has 2 aliphatic rings. The number of ether oxygens (including phenoxy) is 2. The van der Waals surface area contributed by atoms with E-state index >= 15 is 0 Å². The maximum absolute atomic E-state index is 6.18. The zero-order valence-electron chi connectivity index (χ0n) is 14.1. The van der Waals surface area contributed by atoms with Crippen LogP contribution in [0.4, 0.5) is 0 Å². The summed E-state index contributed by atoms with van der Waals surface area (Å²) in [4.78, 5) is 0. The fourth-order valence-electron chi connectivity index (χ4n) is 2.71. The van der Waals surface area contributed by atoms with Crippen molar-refractivity contribution in [3.05, 3.63) is 23.8 Å². The molecule has 4 nitrogen and oxygen atoms in total. The van der Waals surface area contributed by atoms with Crippen LogP contribution in [0.15, 0.2) is 18.2 Å². The predicted molar refractivity (Wildman–Crippen MR) is 86.7 cm³/mol. The summed E-state index contributed by atoms with van der Waals surface area (Å²) < 4.78 is 23.9. The largest absolute Gasteiger partial charge is 0.498 e. The molecule has 0 radical (unpaired) electrons. The van der Waals surface area contributed by atoms with Gasteiger partial charge in [0.25, 0.3) is 0 Å². The highest BCUT2D eigenvalue weighted by atomic mass is 16.7. The summed E-state index contributed by atoms with van der Waals surface area (Å²) in [5, 5.41) is 0. The Morgan fingerprint density at radius 2 is 1.82 bits per heavy atom. The first kappa shape index (κ1) is 15.8. The molecule has 120 valence electrons. The van der Waals surface area contributed by atoms with Gasteiger partial charge >= 0.3 is 7.12 Å². The first-order valence-corrected chi connectivity index (χ1v) is 7.99. The Labute approximate surface area is 133 Å². The van der Waals surface area contributed by atoms with E-state index in [1.165, 1.54) is 5.56 Å². The van der Waals surface area contributed by atoms with Crippen LogP contribution in [0.3, 0.4) is 0 Å². The van der Waals surface area contributed by atoms with Crippen LogP contribution < -0.4 is 10.2 Å². The molecule has 1 atom stereocenters. The third-order valence-corrected chi connectivity index (χ3v) is 4.85. The fourth-order valence-corrected chi connectivity index (χ4v) is 2.71. The van der Waals surface area contributed by atoms with Crippen molar-refractivity contribution in [2.45, 2.75) is 58.3 Å². The molecule has 1 aromatic rings. The minimum absolute atomic E-state index is 0.115. The Morgan fingerprint density at radius 1 is 1.14 bits per heavy atom. The number of hydrogen-bond donors (Lipinski definition) is 0. The van der Waals surface area contributed by atoms with Gasteiger partial charge in [-0.15, -0.1) is 0 Å². The zero-order valence-corrected chi connectivity index (χ0v) is 14.1. The molecule has 2 aliphatic heterocycles. The van der Waals surface area contributed by atoms with Gasteiger partial charge in [0.2, 0.25) is 0 Å². The molecule has 0 aliphatic carbocycles. The molecule has 0 bridgehead atoms. The molecule has 0 aromatic heterocycles. The number of rotatable bonds is 3. The van der Waals surface area contributed by atoms with E-state index in [0.717, 1.165) is 24.2 Å². The van der Waals surface area contributed by atoms with Crippen molar-refractivity contribution in [3.8, 4) is 5.75 Å². The van der Waals surface area contributed by atoms with Gasteiger partial charge in [0.05, 0.1) is 24.4 Å². The number of aryl methyl sites for hydroxylation is 1. The minimum Gasteiger partial charge on any atom is -0.488 e. The van der Waals surface area contributed by atoms with Crippen molar-refractivity contribution >= 4 is 12.6 Å². The SMILES string of the molecule is Cc1ccc(OC2CCOC2)c(B2OC(C)(C)C(C)(C)O2)c1. The molecular formula is C17H25BO4. The third-order valence-electron chi connectivity index (χ3n) is 4.85. The average Bonchev–Trinajstić information content (AvgIpc) is 2.99. The Kier molecular flexibility index (Phi) is 4.00. The van der Waals surface area contributed by atoms with E-state index in [2.05, 4.69) is 46.8 Å². The second-order valence-electron chi connectivity index (χ2n) is 7.23. The molecule has 2 saturated heterocycles. The Balaban J connectivity index is 1.88. The summed E-state index contributed by atoms with van der Waals surface area (Å²) in [5.74, 6) is 0.833. The number of hydrogen-bond acceptors (Lipinski definition) is 4. The van der Waals surface area contributed by atoms with Gasteiger partial charge in [0, 0.05) is 11.9 Å². The van der Waals surface area contributed by atoms with Gasteiger partial charge in [-0.3, -0.25) is 0 Å². The predicted octanol–water partition coefficient (Wildman–Crippen LogP) is 2.46. The van der Waals surface area contributed by atoms with E-state index < -0.39 is 7.12 Å². The van der Waals surface area contributed by atoms with E-state index in [1.807, 2.05) is 6.07 Å². The average molecular weight is 304 g/mol. The van der Waals surface area contributed by atoms with Crippen molar-refractivity contribution < 1.29 is 18.8 Å². The molecule has 1 aromatic carbocycles. The molecule has 0 N–H and O–H groups in total. The van der Waals surface area contributed by atoms with Crippen LogP contribution >= 0.6 is 0 Å². The van der Waals surface area contributed by atoms with E-state index in [4.69, 9.17) is 18.8 Å². The molecule has 2 heterocycles. The quantitative estimate of drug-likeness (QED) is 0.804. The van der Waals surface area contributed by atoms with Crippen LogP contribution in [0, 0.1) is 6.92 Å². The van der Waals surface area contributed by atoms with Crippen LogP contribution in [0.5, 0.6) is 5.75 Å². The third kappa shape index (κ3) is 2.90. The van der Waals surface area contributed by atoms with Crippen molar-refractivity contribution in [3.63, 3.8) is 0 Å². The maximum atomic E-state index is 6.18. The first-order chi connectivity index (χ1) is 10.3. The normalized spacial score (nSPS) is 26.4. The molecule has 5 heteroatoms. The fraction of sp³-hybridized carbons (Fsp3) is 0.647. The zero-order chi connectivity index (χ0) is 16.0. The summed E-state index contributed by atoms with van der Waals surface area (Å²) in [6.07, 6.45) is 1.04. The van der Waals surface area contributed by atoms with Crippen LogP contribution in [-0.4, -0.2) is 37.6 Å². The summed E-state index contributed by atoms with van der Waals surface area (Å²) in [5.41, 5.74) is 1.43. The van der Waals surface area contributed by atoms with Gasteiger partial charge in [-0.05, 0) is 40.7 Å². The standard InChI is InChI=1S/C17H25BO4/c1-12-6-7-15(20-13-8-9-19-11-13)14(10-12)18-21-16(2,3)17(4,5)22-18/h6-7,10,13H,8-9,11H2,1-5H3. The molecule has 0 saturated carbocycles. The lowest BCUT2D eigenvalue weighted by molar-refractivity contribution is 0.00578. The van der Waals surface area contributed by atoms with E-state index in [0.29, 0.717) is 6.61 Å². The van der Waals surface area contributed by atoms with Gasteiger partial charge in [-0.1, -0.05) is 17.7 Å². The van der Waals surface area contributed by atoms with Crippen molar-refractivity contribution in [1.29, 1.82) is 0 Å². The van der Waals surface area contributed by atoms with Crippen molar-refractivity contribution in [2.75, 3.05) is 13.2 Å². The topological polar surface area (TPSA) is 36.9 Å². The Hall–Kier alpha value is -1.04. The highest BCUT2D eigenvalue weighted by Gasteiger charge is 2.52. The van der Waals surface area contributed by atoms with E-state index in [1.54, 1.807) is 0 Å². The van der Waals surface area contributed by atoms with Gasteiger partial charge < -0.3 is 18.8 Å². The van der Waals surface area contributed by atoms with Crippen LogP contribution in [0.25, 0.3) is 0 Å². The van der Waals surface area contributed by atoms with Crippen molar-refractivity contribution in [2.24, 2.45) is 0 Å². The molecule has 3 rings (SSSR count). The highest BCUT2D eigenvalue weighted by Crippen LogP contribution is 2.37. The summed E-state index contributed by atoms with van der Waals surface area (Å²) >= 11 is 0. The second-order valence-corrected chi connectivity index (χ2v) is 7.23. The van der Waals surface area contributed by atoms with Gasteiger partial charge in [0.15, 0.2) is 0 Å². The minimum atomic E-state index is -0.401. The molecular weight excluding hydrogens is 279 g/mol. The smallest absolute Gasteiger partial charge is 0.488 e. The lowest BCUT2D eigenvalue weighted by Gasteiger charge is -2.32. The number of benzene rings is 1. The Bertz CT molecular complexity index is 534. The van der Waals surface area contributed by atoms with Gasteiger partial charge in [0.1, 0.15) is 11.9 Å². The maximum Gasteiger partial charge on any atom is 0.498 e. The van der Waals surface area contributed by atoms with Gasteiger partial charge in [-0.2, -0.15) is 0 Å². The molecule has 22 heavy (non-hydrogen) atoms. The van der Waals surface area contributed by atoms with Crippen LogP contribution in [0.2, 0.25) is 0 Å². The molecule has 1 unspecified atom stereocenters. The van der Waals surface area contributed by atoms with Crippen LogP contribution in [-0.2, 0) is 14.0 Å². The van der Waals surface area contributed by atoms with Crippen LogP contribution in [0.1, 0.15) is 39.7 Å². The summed E-state index contributed by atoms with van der Waals surface area (Å²) in [7, 11) is -0.401. The first-order valence-electron chi connectivity index (χ1n) is 7.99. The molecule has 0 spiro atoms. The lowest BCUT2D eigenvalue weighted by atomic mass is 9.77. The summed E-state index contributed by atoms with van der Waals surface area (Å²) in [6.45, 7) is 11.7. The van der Waals surface area contributed by atoms with Crippen molar-refractivity contribution in [1.82, 2.24) is 0 Å². The van der Waals surface area contributed by atoms with E-state index in [-0.39, 0.29) is 17.3 Å². The monoisotopic (exact) mass is 304 g/mol. The summed E-state index contributed by atoms with van der Waals surface area (Å²) in [6, 6.07) is 6.15. The molecule has 2 fully saturated rings.